The number of ketones is 1. The van der Waals surface area contributed by atoms with Crippen molar-refractivity contribution in [3.63, 3.8) is 0 Å². The van der Waals surface area contributed by atoms with Crippen LogP contribution in [0.15, 0.2) is 24.3 Å². The lowest BCUT2D eigenvalue weighted by atomic mass is 9.85. The Labute approximate surface area is 156 Å². The molecular weight excluding hydrogens is 356 g/mol. The van der Waals surface area contributed by atoms with Crippen molar-refractivity contribution >= 4 is 35.1 Å². The number of benzene rings is 1. The zero-order valence-electron chi connectivity index (χ0n) is 15.0. The summed E-state index contributed by atoms with van der Waals surface area (Å²) in [5, 5.41) is 19.4. The second-order valence-corrected chi connectivity index (χ2v) is 9.15. The number of carboxylic acids is 1. The molecule has 0 aromatic heterocycles. The molecule has 26 heavy (non-hydrogen) atoms. The van der Waals surface area contributed by atoms with Crippen molar-refractivity contribution in [2.75, 3.05) is 19.0 Å². The van der Waals surface area contributed by atoms with Crippen LogP contribution in [0.25, 0.3) is 0 Å². The normalized spacial score (nSPS) is 27.5. The van der Waals surface area contributed by atoms with E-state index in [-0.39, 0.29) is 0 Å². The highest BCUT2D eigenvalue weighted by Gasteiger charge is 2.65. The predicted octanol–water partition coefficient (Wildman–Crippen LogP) is 1.06. The van der Waals surface area contributed by atoms with E-state index in [2.05, 4.69) is 0 Å². The number of β-lactam (4-membered cyclic amide) rings is 1. The Kier molecular flexibility index (Phi) is 4.52. The number of nitrogens with zero attached hydrogens (tertiary/aromatic N) is 2. The van der Waals surface area contributed by atoms with Crippen molar-refractivity contribution in [3.8, 4) is 0 Å². The molecule has 4 atom stereocenters. The van der Waals surface area contributed by atoms with Gasteiger partial charge in [0, 0.05) is 30.1 Å². The van der Waals surface area contributed by atoms with E-state index in [9.17, 15) is 24.6 Å². The first kappa shape index (κ1) is 18.7. The van der Waals surface area contributed by atoms with Crippen LogP contribution in [0.5, 0.6) is 0 Å². The van der Waals surface area contributed by atoms with Crippen LogP contribution in [-0.4, -0.2) is 69.1 Å². The molecule has 0 spiro atoms. The van der Waals surface area contributed by atoms with E-state index in [1.807, 2.05) is 19.0 Å². The molecule has 0 aliphatic carbocycles. The fraction of sp³-hybridized carbons (Fsp3) is 0.500. The van der Waals surface area contributed by atoms with Crippen LogP contribution in [0, 0.1) is 5.92 Å². The molecular formula is C18H22N2O5S. The van der Waals surface area contributed by atoms with Crippen LogP contribution >= 0.6 is 11.8 Å². The van der Waals surface area contributed by atoms with E-state index in [1.165, 1.54) is 16.7 Å². The molecule has 3 rings (SSSR count). The van der Waals surface area contributed by atoms with Gasteiger partial charge in [0.2, 0.25) is 5.91 Å². The summed E-state index contributed by atoms with van der Waals surface area (Å²) < 4.78 is -0.683. The Morgan fingerprint density at radius 2 is 1.81 bits per heavy atom. The van der Waals surface area contributed by atoms with E-state index in [1.54, 1.807) is 38.1 Å². The number of aliphatic hydroxyl groups is 1. The van der Waals surface area contributed by atoms with Crippen LogP contribution in [0.1, 0.15) is 24.2 Å². The molecule has 1 amide bonds. The summed E-state index contributed by atoms with van der Waals surface area (Å²) in [5.74, 6) is -2.99. The number of anilines is 1. The van der Waals surface area contributed by atoms with E-state index in [0.717, 1.165) is 5.69 Å². The summed E-state index contributed by atoms with van der Waals surface area (Å²) in [6.07, 6.45) is -1.48. The molecule has 2 saturated heterocycles. The van der Waals surface area contributed by atoms with E-state index >= 15 is 0 Å². The van der Waals surface area contributed by atoms with Gasteiger partial charge in [0.1, 0.15) is 18.1 Å². The second-order valence-electron chi connectivity index (χ2n) is 7.37. The molecule has 2 N–H and O–H groups in total. The van der Waals surface area contributed by atoms with Crippen LogP contribution in [0.4, 0.5) is 5.69 Å². The number of aliphatic hydroxyl groups excluding tert-OH is 1. The number of aliphatic carboxylic acids is 1. The van der Waals surface area contributed by atoms with Gasteiger partial charge in [0.15, 0.2) is 5.78 Å². The lowest BCUT2D eigenvalue weighted by Gasteiger charge is -2.45. The van der Waals surface area contributed by atoms with Crippen molar-refractivity contribution < 1.29 is 24.6 Å². The highest BCUT2D eigenvalue weighted by molar-refractivity contribution is 8.01. The maximum Gasteiger partial charge on any atom is 0.327 e. The molecule has 140 valence electrons. The van der Waals surface area contributed by atoms with Gasteiger partial charge in [0.25, 0.3) is 0 Å². The molecule has 2 aliphatic heterocycles. The van der Waals surface area contributed by atoms with Gasteiger partial charge in [-0.1, -0.05) is 0 Å². The van der Waals surface area contributed by atoms with Crippen molar-refractivity contribution in [1.82, 2.24) is 4.90 Å². The largest absolute Gasteiger partial charge is 0.480 e. The van der Waals surface area contributed by atoms with Gasteiger partial charge in [-0.05, 0) is 38.1 Å². The minimum Gasteiger partial charge on any atom is -0.480 e. The van der Waals surface area contributed by atoms with Crippen LogP contribution in [-0.2, 0) is 9.59 Å². The first-order chi connectivity index (χ1) is 12.1. The number of thioether (sulfide) groups is 1. The summed E-state index contributed by atoms with van der Waals surface area (Å²) in [4.78, 5) is 39.8. The molecule has 8 heteroatoms. The van der Waals surface area contributed by atoms with Crippen molar-refractivity contribution in [2.45, 2.75) is 36.1 Å². The Hall–Kier alpha value is -2.06. The molecule has 2 fully saturated rings. The molecule has 0 saturated carbocycles. The summed E-state index contributed by atoms with van der Waals surface area (Å²) in [7, 11) is 3.76. The lowest BCUT2D eigenvalue weighted by Crippen LogP contribution is -2.66. The Morgan fingerprint density at radius 3 is 2.31 bits per heavy atom. The molecule has 1 unspecified atom stereocenters. The topological polar surface area (TPSA) is 98.2 Å². The standard InChI is InChI=1S/C18H22N2O5S/c1-18(2)14(17(24)25)20-15(23)11(16(20)26-18)13(22)12(21)9-5-7-10(8-6-9)19(3)4/h5-8,11,13-14,16,22H,1-4H3,(H,24,25)/t11-,13?,14+,16-/m1/s1. The zero-order valence-corrected chi connectivity index (χ0v) is 15.9. The molecule has 2 aliphatic rings. The number of carboxylic acid groups (broad SMARTS) is 1. The van der Waals surface area contributed by atoms with Crippen LogP contribution in [0.2, 0.25) is 0 Å². The van der Waals surface area contributed by atoms with Crippen molar-refractivity contribution in [3.05, 3.63) is 29.8 Å². The Balaban J connectivity index is 1.79. The third kappa shape index (κ3) is 2.77. The lowest BCUT2D eigenvalue weighted by molar-refractivity contribution is -0.167. The van der Waals surface area contributed by atoms with Gasteiger partial charge in [-0.25, -0.2) is 4.79 Å². The van der Waals surface area contributed by atoms with Gasteiger partial charge in [-0.3, -0.25) is 9.59 Å². The highest BCUT2D eigenvalue weighted by atomic mass is 32.2. The van der Waals surface area contributed by atoms with Crippen LogP contribution < -0.4 is 4.90 Å². The molecule has 2 heterocycles. The van der Waals surface area contributed by atoms with Crippen molar-refractivity contribution in [1.29, 1.82) is 0 Å². The first-order valence-electron chi connectivity index (χ1n) is 8.28. The first-order valence-corrected chi connectivity index (χ1v) is 9.16. The minimum absolute atomic E-state index is 0.325. The number of hydrogen-bond donors (Lipinski definition) is 2. The summed E-state index contributed by atoms with van der Waals surface area (Å²) in [6.45, 7) is 3.51. The average molecular weight is 378 g/mol. The Morgan fingerprint density at radius 1 is 1.23 bits per heavy atom. The third-order valence-corrected chi connectivity index (χ3v) is 6.59. The van der Waals surface area contributed by atoms with E-state index < -0.39 is 45.8 Å². The number of fused-ring (bicyclic) bond motifs is 1. The fourth-order valence-electron chi connectivity index (χ4n) is 3.59. The quantitative estimate of drug-likeness (QED) is 0.584. The predicted molar refractivity (Wildman–Crippen MR) is 98.3 cm³/mol. The monoisotopic (exact) mass is 378 g/mol. The number of Topliss-reactive ketones (excluding diaryl/α,β-unsaturated/α-hetero) is 1. The van der Waals surface area contributed by atoms with Gasteiger partial charge >= 0.3 is 5.97 Å². The summed E-state index contributed by atoms with van der Waals surface area (Å²) >= 11 is 1.32. The number of amides is 1. The molecule has 1 aromatic carbocycles. The van der Waals surface area contributed by atoms with Gasteiger partial charge in [-0.15, -0.1) is 11.8 Å². The van der Waals surface area contributed by atoms with E-state index in [4.69, 9.17) is 0 Å². The maximum absolute atomic E-state index is 12.6. The summed E-state index contributed by atoms with van der Waals surface area (Å²) in [6, 6.07) is 5.81. The van der Waals surface area contributed by atoms with Gasteiger partial charge in [0.05, 0.1) is 5.37 Å². The smallest absolute Gasteiger partial charge is 0.327 e. The van der Waals surface area contributed by atoms with Gasteiger partial charge < -0.3 is 20.0 Å². The fourth-order valence-corrected chi connectivity index (χ4v) is 5.31. The Bertz CT molecular complexity index is 761. The maximum atomic E-state index is 12.6. The van der Waals surface area contributed by atoms with Crippen molar-refractivity contribution in [2.24, 2.45) is 5.92 Å². The summed E-state index contributed by atoms with van der Waals surface area (Å²) in [5.41, 5.74) is 1.24. The average Bonchev–Trinajstić information content (AvgIpc) is 2.82. The van der Waals surface area contributed by atoms with Crippen LogP contribution in [0.3, 0.4) is 0 Å². The zero-order chi connectivity index (χ0) is 19.4. The SMILES string of the molecule is CN(C)c1ccc(C(=O)C(O)[C@@H]2C(=O)N3[C@@H]2SC(C)(C)[C@@H]3C(=O)O)cc1. The third-order valence-electron chi connectivity index (χ3n) is 4.99. The molecule has 7 nitrogen and oxygen atoms in total. The number of hydrogen-bond acceptors (Lipinski definition) is 6. The van der Waals surface area contributed by atoms with E-state index in [0.29, 0.717) is 5.56 Å². The second kappa shape index (κ2) is 6.28. The molecule has 0 radical (unpaired) electrons. The number of carbonyl (C=O) groups is 3. The minimum atomic E-state index is -1.48. The number of rotatable bonds is 5. The number of carbonyl (C=O) groups excluding carboxylic acids is 2. The molecule has 1 aromatic rings. The highest BCUT2D eigenvalue weighted by Crippen LogP contribution is 2.54. The van der Waals surface area contributed by atoms with Gasteiger partial charge in [-0.2, -0.15) is 0 Å². The molecule has 0 bridgehead atoms.